The molecule has 0 radical (unpaired) electrons. The molecule has 0 saturated heterocycles. The lowest BCUT2D eigenvalue weighted by Crippen LogP contribution is -2.48. The van der Waals surface area contributed by atoms with E-state index in [1.807, 2.05) is 0 Å². The van der Waals surface area contributed by atoms with E-state index in [-0.39, 0.29) is 24.3 Å². The molecule has 3 N–H and O–H groups in total. The Labute approximate surface area is 144 Å². The Morgan fingerprint density at radius 2 is 2.20 bits per heavy atom. The van der Waals surface area contributed by atoms with Crippen LogP contribution in [0.4, 0.5) is 9.18 Å². The van der Waals surface area contributed by atoms with Crippen LogP contribution in [-0.2, 0) is 17.8 Å². The first kappa shape index (κ1) is 17.0. The zero-order chi connectivity index (χ0) is 17.8. The minimum atomic E-state index is -0.691. The standard InChI is InChI=1S/C18H20FN3O3/c1-11(17(23)20-10-14-3-2-8-25-14)21-18(24)22-16-7-4-12-9-13(19)5-6-15(12)16/h2-3,5-6,8-9,11,16H,4,7,10H2,1H3,(H,20,23)(H2,21,22,24)/t11-,16+/m1/s1. The van der Waals surface area contributed by atoms with Gasteiger partial charge in [0.15, 0.2) is 0 Å². The number of benzene rings is 1. The topological polar surface area (TPSA) is 83.4 Å². The van der Waals surface area contributed by atoms with Gasteiger partial charge in [0.25, 0.3) is 0 Å². The molecule has 0 unspecified atom stereocenters. The van der Waals surface area contributed by atoms with E-state index >= 15 is 0 Å². The lowest BCUT2D eigenvalue weighted by atomic mass is 10.1. The molecule has 1 aromatic carbocycles. The summed E-state index contributed by atoms with van der Waals surface area (Å²) in [5.41, 5.74) is 1.83. The van der Waals surface area contributed by atoms with E-state index in [0.29, 0.717) is 12.2 Å². The number of rotatable bonds is 5. The Kier molecular flexibility index (Phi) is 5.02. The van der Waals surface area contributed by atoms with Gasteiger partial charge in [-0.25, -0.2) is 9.18 Å². The molecule has 7 heteroatoms. The molecule has 6 nitrogen and oxygen atoms in total. The monoisotopic (exact) mass is 345 g/mol. The van der Waals surface area contributed by atoms with Crippen LogP contribution in [0.15, 0.2) is 41.0 Å². The second-order valence-electron chi connectivity index (χ2n) is 6.07. The quantitative estimate of drug-likeness (QED) is 0.778. The summed E-state index contributed by atoms with van der Waals surface area (Å²) in [5, 5.41) is 8.14. The van der Waals surface area contributed by atoms with Crippen LogP contribution >= 0.6 is 0 Å². The number of urea groups is 1. The van der Waals surface area contributed by atoms with Crippen LogP contribution in [0.5, 0.6) is 0 Å². The lowest BCUT2D eigenvalue weighted by molar-refractivity contribution is -0.122. The number of hydrogen-bond donors (Lipinski definition) is 3. The largest absolute Gasteiger partial charge is 0.467 e. The number of halogens is 1. The van der Waals surface area contributed by atoms with Crippen molar-refractivity contribution in [2.24, 2.45) is 0 Å². The first-order valence-electron chi connectivity index (χ1n) is 8.18. The number of hydrogen-bond acceptors (Lipinski definition) is 3. The van der Waals surface area contributed by atoms with Crippen molar-refractivity contribution in [1.29, 1.82) is 0 Å². The van der Waals surface area contributed by atoms with Crippen molar-refractivity contribution in [2.45, 2.75) is 38.4 Å². The van der Waals surface area contributed by atoms with Crippen LogP contribution in [0, 0.1) is 5.82 Å². The van der Waals surface area contributed by atoms with Crippen LogP contribution in [0.25, 0.3) is 0 Å². The Balaban J connectivity index is 1.48. The van der Waals surface area contributed by atoms with E-state index in [2.05, 4.69) is 16.0 Å². The number of nitrogens with one attached hydrogen (secondary N) is 3. The molecule has 1 heterocycles. The van der Waals surface area contributed by atoms with Gasteiger partial charge < -0.3 is 20.4 Å². The molecule has 1 aliphatic rings. The van der Waals surface area contributed by atoms with E-state index in [1.54, 1.807) is 25.1 Å². The van der Waals surface area contributed by atoms with Gasteiger partial charge >= 0.3 is 6.03 Å². The average Bonchev–Trinajstić information content (AvgIpc) is 3.22. The highest BCUT2D eigenvalue weighted by Crippen LogP contribution is 2.31. The second kappa shape index (κ2) is 7.38. The molecule has 0 spiro atoms. The summed E-state index contributed by atoms with van der Waals surface area (Å²) in [6.07, 6.45) is 2.96. The highest BCUT2D eigenvalue weighted by atomic mass is 19.1. The molecule has 1 aromatic heterocycles. The van der Waals surface area contributed by atoms with Gasteiger partial charge in [-0.1, -0.05) is 6.07 Å². The maximum Gasteiger partial charge on any atom is 0.315 e. The zero-order valence-corrected chi connectivity index (χ0v) is 13.8. The lowest BCUT2D eigenvalue weighted by Gasteiger charge is -2.18. The third-order valence-electron chi connectivity index (χ3n) is 4.25. The summed E-state index contributed by atoms with van der Waals surface area (Å²) in [6.45, 7) is 1.87. The van der Waals surface area contributed by atoms with Crippen LogP contribution in [0.1, 0.15) is 36.3 Å². The molecule has 3 amide bonds. The second-order valence-corrected chi connectivity index (χ2v) is 6.07. The number of carbonyl (C=O) groups is 2. The fourth-order valence-corrected chi connectivity index (χ4v) is 2.94. The summed E-state index contributed by atoms with van der Waals surface area (Å²) < 4.78 is 18.4. The van der Waals surface area contributed by atoms with E-state index in [4.69, 9.17) is 4.42 Å². The highest BCUT2D eigenvalue weighted by Gasteiger charge is 2.25. The van der Waals surface area contributed by atoms with E-state index in [1.165, 1.54) is 18.4 Å². The smallest absolute Gasteiger partial charge is 0.315 e. The van der Waals surface area contributed by atoms with E-state index in [0.717, 1.165) is 17.5 Å². The van der Waals surface area contributed by atoms with Gasteiger partial charge in [-0.3, -0.25) is 4.79 Å². The molecule has 1 aliphatic carbocycles. The van der Waals surface area contributed by atoms with Crippen molar-refractivity contribution in [2.75, 3.05) is 0 Å². The fraction of sp³-hybridized carbons (Fsp3) is 0.333. The van der Waals surface area contributed by atoms with Gasteiger partial charge in [0.05, 0.1) is 18.8 Å². The Morgan fingerprint density at radius 1 is 1.36 bits per heavy atom. The van der Waals surface area contributed by atoms with Crippen molar-refractivity contribution in [3.05, 3.63) is 59.3 Å². The molecule has 0 fully saturated rings. The Morgan fingerprint density at radius 3 is 2.96 bits per heavy atom. The van der Waals surface area contributed by atoms with Crippen LogP contribution < -0.4 is 16.0 Å². The molecular formula is C18H20FN3O3. The van der Waals surface area contributed by atoms with Gasteiger partial charge in [0.1, 0.15) is 17.6 Å². The first-order chi connectivity index (χ1) is 12.0. The number of aryl methyl sites for hydroxylation is 1. The van der Waals surface area contributed by atoms with Crippen molar-refractivity contribution in [3.63, 3.8) is 0 Å². The minimum Gasteiger partial charge on any atom is -0.467 e. The normalized spacial score (nSPS) is 16.8. The maximum atomic E-state index is 13.2. The third kappa shape index (κ3) is 4.17. The number of carbonyl (C=O) groups excluding carboxylic acids is 2. The van der Waals surface area contributed by atoms with Crippen LogP contribution in [0.2, 0.25) is 0 Å². The highest BCUT2D eigenvalue weighted by molar-refractivity contribution is 5.86. The Bertz CT molecular complexity index is 761. The van der Waals surface area contributed by atoms with Gasteiger partial charge in [0.2, 0.25) is 5.91 Å². The van der Waals surface area contributed by atoms with Crippen LogP contribution in [0.3, 0.4) is 0 Å². The molecule has 0 bridgehead atoms. The predicted octanol–water partition coefficient (Wildman–Crippen LogP) is 2.41. The maximum absolute atomic E-state index is 13.2. The van der Waals surface area contributed by atoms with Crippen LogP contribution in [-0.4, -0.2) is 18.0 Å². The molecule has 0 saturated carbocycles. The number of amides is 3. The molecule has 0 aliphatic heterocycles. The minimum absolute atomic E-state index is 0.172. The molecule has 2 aromatic rings. The van der Waals surface area contributed by atoms with Crippen molar-refractivity contribution in [3.8, 4) is 0 Å². The summed E-state index contributed by atoms with van der Waals surface area (Å²) in [5.74, 6) is 0.0611. The SMILES string of the molecule is C[C@@H](NC(=O)N[C@H]1CCc2cc(F)ccc21)C(=O)NCc1ccco1. The Hall–Kier alpha value is -2.83. The molecule has 3 rings (SSSR count). The summed E-state index contributed by atoms with van der Waals surface area (Å²) >= 11 is 0. The fourth-order valence-electron chi connectivity index (χ4n) is 2.94. The molecular weight excluding hydrogens is 325 g/mol. The summed E-state index contributed by atoms with van der Waals surface area (Å²) in [4.78, 5) is 24.1. The summed E-state index contributed by atoms with van der Waals surface area (Å²) in [6, 6.07) is 6.79. The summed E-state index contributed by atoms with van der Waals surface area (Å²) in [7, 11) is 0. The number of furan rings is 1. The van der Waals surface area contributed by atoms with E-state index < -0.39 is 12.1 Å². The van der Waals surface area contributed by atoms with Gasteiger partial charge in [-0.05, 0) is 55.2 Å². The van der Waals surface area contributed by atoms with Crippen molar-refractivity contribution >= 4 is 11.9 Å². The predicted molar refractivity (Wildman–Crippen MR) is 89.1 cm³/mol. The molecule has 2 atom stereocenters. The van der Waals surface area contributed by atoms with Crippen molar-refractivity contribution in [1.82, 2.24) is 16.0 Å². The molecule has 132 valence electrons. The van der Waals surface area contributed by atoms with Crippen molar-refractivity contribution < 1.29 is 18.4 Å². The zero-order valence-electron chi connectivity index (χ0n) is 13.8. The average molecular weight is 345 g/mol. The first-order valence-corrected chi connectivity index (χ1v) is 8.18. The molecule has 25 heavy (non-hydrogen) atoms. The third-order valence-corrected chi connectivity index (χ3v) is 4.25. The number of fused-ring (bicyclic) bond motifs is 1. The van der Waals surface area contributed by atoms with E-state index in [9.17, 15) is 14.0 Å². The van der Waals surface area contributed by atoms with Gasteiger partial charge in [-0.2, -0.15) is 0 Å². The van der Waals surface area contributed by atoms with Gasteiger partial charge in [0, 0.05) is 0 Å². The van der Waals surface area contributed by atoms with Gasteiger partial charge in [-0.15, -0.1) is 0 Å².